The Balaban J connectivity index is 1.36. The normalized spacial score (nSPS) is 13.1. The van der Waals surface area contributed by atoms with Gasteiger partial charge in [-0.25, -0.2) is 0 Å². The highest BCUT2D eigenvalue weighted by Gasteiger charge is 2.30. The fourth-order valence-electron chi connectivity index (χ4n) is 4.52. The first-order valence-electron chi connectivity index (χ1n) is 12.8. The Hall–Kier alpha value is -2.98. The number of amides is 2. The van der Waals surface area contributed by atoms with Crippen LogP contribution in [0.1, 0.15) is 43.0 Å². The Morgan fingerprint density at radius 3 is 2.23 bits per heavy atom. The first kappa shape index (κ1) is 28.5. The van der Waals surface area contributed by atoms with Gasteiger partial charge in [-0.1, -0.05) is 84.8 Å². The van der Waals surface area contributed by atoms with Gasteiger partial charge in [-0.2, -0.15) is 0 Å². The summed E-state index contributed by atoms with van der Waals surface area (Å²) in [4.78, 5) is 30.6. The molecule has 1 aliphatic heterocycles. The van der Waals surface area contributed by atoms with Gasteiger partial charge in [0.15, 0.2) is 11.0 Å². The molecular formula is C29H27Cl2N5O2S2. The molecule has 0 bridgehead atoms. The van der Waals surface area contributed by atoms with Crippen LogP contribution < -0.4 is 10.2 Å². The number of fused-ring (bicyclic) bond motifs is 2. The van der Waals surface area contributed by atoms with Crippen LogP contribution in [0.15, 0.2) is 81.7 Å². The van der Waals surface area contributed by atoms with Crippen LogP contribution in [0.5, 0.6) is 0 Å². The van der Waals surface area contributed by atoms with Gasteiger partial charge in [0.25, 0.3) is 5.91 Å². The van der Waals surface area contributed by atoms with Crippen molar-refractivity contribution in [3.8, 4) is 0 Å². The molecule has 0 fully saturated rings. The molecule has 40 heavy (non-hydrogen) atoms. The van der Waals surface area contributed by atoms with Crippen molar-refractivity contribution in [2.45, 2.75) is 48.3 Å². The Morgan fingerprint density at radius 2 is 1.62 bits per heavy atom. The lowest BCUT2D eigenvalue weighted by Crippen LogP contribution is -2.34. The third-order valence-electron chi connectivity index (χ3n) is 6.48. The Bertz CT molecular complexity index is 1530. The largest absolute Gasteiger partial charge is 0.342 e. The predicted octanol–water partition coefficient (Wildman–Crippen LogP) is 7.65. The number of carbonyl (C=O) groups excluding carboxylic acids is 2. The molecular weight excluding hydrogens is 585 g/mol. The van der Waals surface area contributed by atoms with Crippen LogP contribution in [0.4, 0.5) is 11.4 Å². The number of carbonyl (C=O) groups is 2. The molecule has 0 saturated carbocycles. The van der Waals surface area contributed by atoms with Gasteiger partial charge < -0.3 is 9.88 Å². The lowest BCUT2D eigenvalue weighted by atomic mass is 10.0. The highest BCUT2D eigenvalue weighted by molar-refractivity contribution is 8.00. The summed E-state index contributed by atoms with van der Waals surface area (Å²) in [5.74, 6) is 0.433. The second kappa shape index (κ2) is 12.3. The Labute approximate surface area is 251 Å². The van der Waals surface area contributed by atoms with E-state index in [1.165, 1.54) is 11.8 Å². The Morgan fingerprint density at radius 1 is 0.975 bits per heavy atom. The minimum atomic E-state index is -0.422. The second-order valence-corrected chi connectivity index (χ2v) is 12.3. The van der Waals surface area contributed by atoms with Crippen LogP contribution in [0.25, 0.3) is 0 Å². The van der Waals surface area contributed by atoms with Crippen molar-refractivity contribution in [3.63, 3.8) is 0 Å². The van der Waals surface area contributed by atoms with Gasteiger partial charge in [0.2, 0.25) is 5.91 Å². The number of hydrogen-bond donors (Lipinski definition) is 1. The zero-order valence-corrected chi connectivity index (χ0v) is 25.2. The number of hydrogen-bond acceptors (Lipinski definition) is 6. The molecule has 4 aromatic rings. The topological polar surface area (TPSA) is 80.1 Å². The molecule has 1 N–H and O–H groups in total. The van der Waals surface area contributed by atoms with Gasteiger partial charge in [0, 0.05) is 21.4 Å². The molecule has 2 heterocycles. The summed E-state index contributed by atoms with van der Waals surface area (Å²) in [7, 11) is 0. The maximum Gasteiger partial charge on any atom is 0.253 e. The molecule has 1 atom stereocenters. The van der Waals surface area contributed by atoms with Crippen LogP contribution in [0.2, 0.25) is 10.0 Å². The summed E-state index contributed by atoms with van der Waals surface area (Å²) in [5, 5.41) is 13.3. The van der Waals surface area contributed by atoms with E-state index in [-0.39, 0.29) is 28.5 Å². The van der Waals surface area contributed by atoms with Gasteiger partial charge in [-0.05, 0) is 55.3 Å². The smallest absolute Gasteiger partial charge is 0.253 e. The van der Waals surface area contributed by atoms with E-state index in [9.17, 15) is 9.59 Å². The van der Waals surface area contributed by atoms with E-state index in [1.54, 1.807) is 34.9 Å². The van der Waals surface area contributed by atoms with Crippen LogP contribution in [-0.2, 0) is 11.3 Å². The SMILES string of the molecule is CCn1c(SCC(=O)N2c3ccccc3Sc3ccccc32)nnc1C(NC(=O)c1ccc(Cl)cc1Cl)C(C)C. The van der Waals surface area contributed by atoms with Gasteiger partial charge in [-0.15, -0.1) is 10.2 Å². The zero-order chi connectivity index (χ0) is 28.4. The van der Waals surface area contributed by atoms with E-state index in [1.807, 2.05) is 73.9 Å². The highest BCUT2D eigenvalue weighted by Crippen LogP contribution is 2.48. The van der Waals surface area contributed by atoms with Crippen molar-refractivity contribution in [1.82, 2.24) is 20.1 Å². The van der Waals surface area contributed by atoms with E-state index >= 15 is 0 Å². The zero-order valence-electron chi connectivity index (χ0n) is 22.1. The molecule has 1 aromatic heterocycles. The number of nitrogens with zero attached hydrogens (tertiary/aromatic N) is 4. The monoisotopic (exact) mass is 611 g/mol. The maximum absolute atomic E-state index is 13.7. The molecule has 2 amide bonds. The van der Waals surface area contributed by atoms with Crippen molar-refractivity contribution in [2.24, 2.45) is 5.92 Å². The van der Waals surface area contributed by atoms with Crippen LogP contribution in [0, 0.1) is 5.92 Å². The third kappa shape index (κ3) is 5.74. The number of benzene rings is 3. The van der Waals surface area contributed by atoms with Crippen LogP contribution >= 0.6 is 46.7 Å². The van der Waals surface area contributed by atoms with Gasteiger partial charge in [0.1, 0.15) is 0 Å². The van der Waals surface area contributed by atoms with Crippen molar-refractivity contribution in [2.75, 3.05) is 10.7 Å². The predicted molar refractivity (Wildman–Crippen MR) is 162 cm³/mol. The number of nitrogens with one attached hydrogen (secondary N) is 1. The molecule has 206 valence electrons. The van der Waals surface area contributed by atoms with Crippen LogP contribution in [0.3, 0.4) is 0 Å². The molecule has 11 heteroatoms. The van der Waals surface area contributed by atoms with Crippen molar-refractivity contribution >= 4 is 69.9 Å². The average Bonchev–Trinajstić information content (AvgIpc) is 3.35. The first-order valence-corrected chi connectivity index (χ1v) is 15.3. The van der Waals surface area contributed by atoms with E-state index in [0.29, 0.717) is 28.1 Å². The van der Waals surface area contributed by atoms with Gasteiger partial charge in [-0.3, -0.25) is 14.5 Å². The summed E-state index contributed by atoms with van der Waals surface area (Å²) < 4.78 is 1.94. The summed E-state index contributed by atoms with van der Waals surface area (Å²) in [5.41, 5.74) is 2.08. The first-order chi connectivity index (χ1) is 19.3. The maximum atomic E-state index is 13.7. The molecule has 1 aliphatic rings. The lowest BCUT2D eigenvalue weighted by Gasteiger charge is -2.31. The highest BCUT2D eigenvalue weighted by atomic mass is 35.5. The van der Waals surface area contributed by atoms with E-state index in [0.717, 1.165) is 21.2 Å². The summed E-state index contributed by atoms with van der Waals surface area (Å²) in [6, 6.07) is 20.2. The van der Waals surface area contributed by atoms with Crippen molar-refractivity contribution in [3.05, 3.63) is 88.2 Å². The number of rotatable bonds is 8. The van der Waals surface area contributed by atoms with Crippen molar-refractivity contribution in [1.29, 1.82) is 0 Å². The molecule has 3 aromatic carbocycles. The molecule has 0 spiro atoms. The quantitative estimate of drug-likeness (QED) is 0.206. The molecule has 0 saturated heterocycles. The number of halogens is 2. The van der Waals surface area contributed by atoms with Crippen LogP contribution in [-0.4, -0.2) is 32.3 Å². The Kier molecular flexibility index (Phi) is 8.75. The summed E-state index contributed by atoms with van der Waals surface area (Å²) >= 11 is 15.3. The number of para-hydroxylation sites is 2. The molecule has 1 unspecified atom stereocenters. The molecule has 0 aliphatic carbocycles. The molecule has 0 radical (unpaired) electrons. The fourth-order valence-corrected chi connectivity index (χ4v) is 6.93. The minimum Gasteiger partial charge on any atom is -0.342 e. The number of anilines is 2. The van der Waals surface area contributed by atoms with E-state index in [2.05, 4.69) is 15.5 Å². The average molecular weight is 613 g/mol. The minimum absolute atomic E-state index is 0.0165. The van der Waals surface area contributed by atoms with E-state index in [4.69, 9.17) is 23.2 Å². The third-order valence-corrected chi connectivity index (χ3v) is 9.10. The summed E-state index contributed by atoms with van der Waals surface area (Å²) in [6.07, 6.45) is 0. The number of aromatic nitrogens is 3. The second-order valence-electron chi connectivity index (χ2n) is 9.46. The van der Waals surface area contributed by atoms with Gasteiger partial charge >= 0.3 is 0 Å². The molecule has 7 nitrogen and oxygen atoms in total. The summed E-state index contributed by atoms with van der Waals surface area (Å²) in [6.45, 7) is 6.57. The van der Waals surface area contributed by atoms with Gasteiger partial charge in [0.05, 0.1) is 33.8 Å². The molecule has 5 rings (SSSR count). The fraction of sp³-hybridized carbons (Fsp3) is 0.241. The lowest BCUT2D eigenvalue weighted by molar-refractivity contribution is -0.115. The van der Waals surface area contributed by atoms with E-state index < -0.39 is 6.04 Å². The standard InChI is InChI=1S/C29H27Cl2N5O2S2/c1-4-35-27(26(17(2)3)32-28(38)19-14-13-18(30)15-20(19)31)33-34-29(35)39-16-25(37)36-21-9-5-7-11-23(21)40-24-12-8-6-10-22(24)36/h5-15,17,26H,4,16H2,1-3H3,(H,32,38). The number of thioether (sulfide) groups is 1. The van der Waals surface area contributed by atoms with Crippen molar-refractivity contribution < 1.29 is 9.59 Å².